The van der Waals surface area contributed by atoms with Crippen molar-refractivity contribution in [1.29, 1.82) is 0 Å². The number of nitrogens with zero attached hydrogens (tertiary/aromatic N) is 2. The fourth-order valence-electron chi connectivity index (χ4n) is 1.64. The Balaban J connectivity index is 2.28. The Bertz CT molecular complexity index is 668. The van der Waals surface area contributed by atoms with Crippen LogP contribution in [0.3, 0.4) is 0 Å². The molecule has 2 N–H and O–H groups in total. The van der Waals surface area contributed by atoms with E-state index in [0.717, 1.165) is 12.1 Å². The lowest BCUT2D eigenvalue weighted by Crippen LogP contribution is -2.14. The summed E-state index contributed by atoms with van der Waals surface area (Å²) in [7, 11) is 0. The molecular weight excluding hydrogens is 284 g/mol. The molecule has 104 valence electrons. The van der Waals surface area contributed by atoms with Crippen LogP contribution in [0, 0.1) is 10.1 Å². The van der Waals surface area contributed by atoms with E-state index in [1.165, 1.54) is 18.2 Å². The van der Waals surface area contributed by atoms with Crippen LogP contribution in [0.2, 0.25) is 5.02 Å². The van der Waals surface area contributed by atoms with Crippen molar-refractivity contribution in [2.45, 2.75) is 13.3 Å². The Morgan fingerprint density at radius 2 is 2.25 bits per heavy atom. The highest BCUT2D eigenvalue weighted by Crippen LogP contribution is 2.23. The number of carbonyl (C=O) groups excluding carboxylic acids is 1. The Morgan fingerprint density at radius 3 is 2.85 bits per heavy atom. The summed E-state index contributed by atoms with van der Waals surface area (Å²) in [6.07, 6.45) is 0.736. The van der Waals surface area contributed by atoms with E-state index in [1.807, 2.05) is 6.92 Å². The smallest absolute Gasteiger partial charge is 0.282 e. The van der Waals surface area contributed by atoms with Crippen molar-refractivity contribution in [3.05, 3.63) is 50.7 Å². The van der Waals surface area contributed by atoms with Gasteiger partial charge in [0.25, 0.3) is 11.6 Å². The summed E-state index contributed by atoms with van der Waals surface area (Å²) in [5.41, 5.74) is 0.433. The minimum atomic E-state index is -0.632. The lowest BCUT2D eigenvalue weighted by Gasteiger charge is -2.03. The van der Waals surface area contributed by atoms with Crippen LogP contribution >= 0.6 is 11.6 Å². The van der Waals surface area contributed by atoms with Crippen LogP contribution in [0.25, 0.3) is 0 Å². The molecule has 0 radical (unpaired) electrons. The van der Waals surface area contributed by atoms with E-state index in [0.29, 0.717) is 5.82 Å². The number of rotatable bonds is 4. The zero-order valence-electron chi connectivity index (χ0n) is 10.5. The summed E-state index contributed by atoms with van der Waals surface area (Å²) in [5.74, 6) is -0.325. The second-order valence-corrected chi connectivity index (χ2v) is 4.44. The van der Waals surface area contributed by atoms with Crippen molar-refractivity contribution in [3.63, 3.8) is 0 Å². The van der Waals surface area contributed by atoms with E-state index in [9.17, 15) is 14.9 Å². The molecule has 0 aliphatic carbocycles. The fraction of sp³-hybridized carbons (Fsp3) is 0.167. The van der Waals surface area contributed by atoms with Crippen molar-refractivity contribution in [1.82, 2.24) is 10.2 Å². The Labute approximate surface area is 119 Å². The molecule has 7 nitrogen and oxygen atoms in total. The van der Waals surface area contributed by atoms with Crippen LogP contribution in [-0.2, 0) is 6.42 Å². The van der Waals surface area contributed by atoms with Gasteiger partial charge in [-0.1, -0.05) is 18.5 Å². The molecule has 0 unspecified atom stereocenters. The van der Waals surface area contributed by atoms with Gasteiger partial charge in [-0.2, -0.15) is 5.10 Å². The number of hydrogen-bond acceptors (Lipinski definition) is 4. The van der Waals surface area contributed by atoms with Crippen LogP contribution in [0.1, 0.15) is 23.0 Å². The summed E-state index contributed by atoms with van der Waals surface area (Å²) in [4.78, 5) is 22.3. The molecule has 0 saturated carbocycles. The first-order valence-corrected chi connectivity index (χ1v) is 6.18. The quantitative estimate of drug-likeness (QED) is 0.668. The molecule has 0 spiro atoms. The first kappa shape index (κ1) is 14.0. The minimum absolute atomic E-state index is 0.108. The van der Waals surface area contributed by atoms with E-state index in [4.69, 9.17) is 11.6 Å². The predicted molar refractivity (Wildman–Crippen MR) is 74.0 cm³/mol. The van der Waals surface area contributed by atoms with Crippen LogP contribution in [0.4, 0.5) is 11.5 Å². The second kappa shape index (κ2) is 5.70. The average molecular weight is 295 g/mol. The van der Waals surface area contributed by atoms with Crippen LogP contribution < -0.4 is 5.32 Å². The molecular formula is C12H11ClN4O3. The number of carbonyl (C=O) groups is 1. The highest BCUT2D eigenvalue weighted by atomic mass is 35.5. The van der Waals surface area contributed by atoms with Gasteiger partial charge in [0.05, 0.1) is 4.92 Å². The van der Waals surface area contributed by atoms with Crippen LogP contribution in [-0.4, -0.2) is 21.0 Å². The maximum atomic E-state index is 12.1. The van der Waals surface area contributed by atoms with E-state index in [-0.39, 0.29) is 16.3 Å². The number of aromatic nitrogens is 2. The van der Waals surface area contributed by atoms with E-state index < -0.39 is 10.8 Å². The summed E-state index contributed by atoms with van der Waals surface area (Å²) in [5, 5.41) is 20.3. The number of amides is 1. The molecule has 0 atom stereocenters. The summed E-state index contributed by atoms with van der Waals surface area (Å²) < 4.78 is 0. The van der Waals surface area contributed by atoms with Crippen molar-refractivity contribution in [2.24, 2.45) is 0 Å². The molecule has 1 heterocycles. The van der Waals surface area contributed by atoms with Crippen molar-refractivity contribution in [2.75, 3.05) is 5.32 Å². The fourth-order valence-corrected chi connectivity index (χ4v) is 1.81. The standard InChI is InChI=1S/C12H11ClN4O3/c1-2-8-6-11(16-15-8)14-12(18)9-5-7(13)3-4-10(9)17(19)20/h3-6H,2H2,1H3,(H2,14,15,16,18). The number of benzene rings is 1. The number of aromatic amines is 1. The Hall–Kier alpha value is -2.41. The summed E-state index contributed by atoms with van der Waals surface area (Å²) >= 11 is 5.77. The van der Waals surface area contributed by atoms with Gasteiger partial charge in [-0.05, 0) is 18.6 Å². The van der Waals surface area contributed by atoms with Gasteiger partial charge >= 0.3 is 0 Å². The van der Waals surface area contributed by atoms with Gasteiger partial charge in [0.2, 0.25) is 0 Å². The first-order chi connectivity index (χ1) is 9.51. The monoisotopic (exact) mass is 294 g/mol. The number of nitro benzene ring substituents is 1. The number of H-pyrrole nitrogens is 1. The third-order valence-corrected chi connectivity index (χ3v) is 2.89. The molecule has 0 fully saturated rings. The van der Waals surface area contributed by atoms with Crippen molar-refractivity contribution >= 4 is 29.0 Å². The van der Waals surface area contributed by atoms with Gasteiger partial charge in [-0.3, -0.25) is 20.0 Å². The maximum absolute atomic E-state index is 12.1. The number of hydrogen-bond donors (Lipinski definition) is 2. The molecule has 1 amide bonds. The molecule has 2 rings (SSSR count). The molecule has 1 aromatic carbocycles. The van der Waals surface area contributed by atoms with Crippen molar-refractivity contribution < 1.29 is 9.72 Å². The van der Waals surface area contributed by atoms with Crippen LogP contribution in [0.15, 0.2) is 24.3 Å². The number of nitro groups is 1. The molecule has 8 heteroatoms. The molecule has 0 bridgehead atoms. The lowest BCUT2D eigenvalue weighted by atomic mass is 10.1. The number of nitrogens with one attached hydrogen (secondary N) is 2. The molecule has 1 aromatic heterocycles. The van der Waals surface area contributed by atoms with Gasteiger partial charge in [0.1, 0.15) is 5.56 Å². The highest BCUT2D eigenvalue weighted by Gasteiger charge is 2.21. The zero-order chi connectivity index (χ0) is 14.7. The number of aryl methyl sites for hydroxylation is 1. The third kappa shape index (κ3) is 2.94. The van der Waals surface area contributed by atoms with Gasteiger partial charge in [0, 0.05) is 22.8 Å². The molecule has 0 aliphatic heterocycles. The Kier molecular flexibility index (Phi) is 3.99. The van der Waals surface area contributed by atoms with Gasteiger partial charge in [-0.15, -0.1) is 0 Å². The normalized spacial score (nSPS) is 10.3. The first-order valence-electron chi connectivity index (χ1n) is 5.81. The topological polar surface area (TPSA) is 101 Å². The summed E-state index contributed by atoms with van der Waals surface area (Å²) in [6, 6.07) is 5.47. The predicted octanol–water partition coefficient (Wildman–Crippen LogP) is 2.79. The van der Waals surface area contributed by atoms with E-state index in [1.54, 1.807) is 6.07 Å². The molecule has 0 saturated heterocycles. The molecule has 0 aliphatic rings. The lowest BCUT2D eigenvalue weighted by molar-refractivity contribution is -0.385. The Morgan fingerprint density at radius 1 is 1.50 bits per heavy atom. The third-order valence-electron chi connectivity index (χ3n) is 2.65. The van der Waals surface area contributed by atoms with Gasteiger partial charge in [0.15, 0.2) is 5.82 Å². The zero-order valence-corrected chi connectivity index (χ0v) is 11.3. The van der Waals surface area contributed by atoms with E-state index >= 15 is 0 Å². The second-order valence-electron chi connectivity index (χ2n) is 4.00. The molecule has 20 heavy (non-hydrogen) atoms. The summed E-state index contributed by atoms with van der Waals surface area (Å²) in [6.45, 7) is 1.93. The van der Waals surface area contributed by atoms with Crippen molar-refractivity contribution in [3.8, 4) is 0 Å². The van der Waals surface area contributed by atoms with E-state index in [2.05, 4.69) is 15.5 Å². The highest BCUT2D eigenvalue weighted by molar-refractivity contribution is 6.31. The molecule has 2 aromatic rings. The maximum Gasteiger partial charge on any atom is 0.282 e. The SMILES string of the molecule is CCc1cc(NC(=O)c2cc(Cl)ccc2[N+](=O)[O-])n[nH]1. The van der Waals surface area contributed by atoms with Crippen LogP contribution in [0.5, 0.6) is 0 Å². The van der Waals surface area contributed by atoms with Gasteiger partial charge < -0.3 is 5.32 Å². The minimum Gasteiger partial charge on any atom is -0.305 e. The average Bonchev–Trinajstić information content (AvgIpc) is 2.85. The van der Waals surface area contributed by atoms with Gasteiger partial charge in [-0.25, -0.2) is 0 Å². The largest absolute Gasteiger partial charge is 0.305 e. The number of halogens is 1. The number of anilines is 1.